The maximum atomic E-state index is 12.7. The molecule has 0 aromatic heterocycles. The summed E-state index contributed by atoms with van der Waals surface area (Å²) < 4.78 is 4.93. The Morgan fingerprint density at radius 3 is 1.49 bits per heavy atom. The van der Waals surface area contributed by atoms with E-state index in [0.29, 0.717) is 19.4 Å². The second-order valence-corrected chi connectivity index (χ2v) is 11.7. The molecule has 6 atom stereocenters. The molecule has 0 aliphatic carbocycles. The summed E-state index contributed by atoms with van der Waals surface area (Å²) in [6, 6.07) is 19.5. The highest BCUT2D eigenvalue weighted by molar-refractivity contribution is 5.92. The first-order valence-electron chi connectivity index (χ1n) is 14.4. The molecular formula is C33H44N2O6. The fourth-order valence-electron chi connectivity index (χ4n) is 6.41. The minimum absolute atomic E-state index is 0.0424. The van der Waals surface area contributed by atoms with Crippen LogP contribution in [0.2, 0.25) is 0 Å². The minimum atomic E-state index is -0.991. The highest BCUT2D eigenvalue weighted by Gasteiger charge is 2.55. The standard InChI is InChI=1S/C17H23NO3.C16H21NO3/c1-5-14-15(19)18(11-17(14,3)16(20)21-4)12(2)13-9-7-6-8-10-13;1-4-13-14(18)17(10-16(13,3)15(19)20)11(2)12-8-6-5-7-9-12/h6-10,12,14H,5,11H2,1-4H3;5-9,11,13H,4,10H2,1-3H3,(H,19,20)/t12-,14?,17?;11-,13?,16?/m10/s1. The Morgan fingerprint density at radius 1 is 0.805 bits per heavy atom. The summed E-state index contributed by atoms with van der Waals surface area (Å²) in [5, 5.41) is 9.48. The minimum Gasteiger partial charge on any atom is -0.481 e. The summed E-state index contributed by atoms with van der Waals surface area (Å²) in [4.78, 5) is 52.5. The third-order valence-corrected chi connectivity index (χ3v) is 9.15. The summed E-state index contributed by atoms with van der Waals surface area (Å²) in [5.41, 5.74) is 0.360. The van der Waals surface area contributed by atoms with Crippen molar-refractivity contribution in [2.24, 2.45) is 22.7 Å². The summed E-state index contributed by atoms with van der Waals surface area (Å²) in [6.45, 7) is 12.0. The van der Waals surface area contributed by atoms with Crippen LogP contribution >= 0.6 is 0 Å². The summed E-state index contributed by atoms with van der Waals surface area (Å²) in [7, 11) is 1.38. The largest absolute Gasteiger partial charge is 0.481 e. The molecule has 2 amide bonds. The van der Waals surface area contributed by atoms with Crippen molar-refractivity contribution in [3.8, 4) is 0 Å². The van der Waals surface area contributed by atoms with E-state index in [-0.39, 0.29) is 42.3 Å². The molecule has 2 fully saturated rings. The number of likely N-dealkylation sites (tertiary alicyclic amines) is 2. The van der Waals surface area contributed by atoms with Gasteiger partial charge in [0.05, 0.1) is 41.9 Å². The van der Waals surface area contributed by atoms with Crippen LogP contribution in [0.25, 0.3) is 0 Å². The Hall–Kier alpha value is -3.68. The third kappa shape index (κ3) is 6.02. The van der Waals surface area contributed by atoms with Crippen LogP contribution in [0.3, 0.4) is 0 Å². The Kier molecular flexibility index (Phi) is 10.0. The van der Waals surface area contributed by atoms with E-state index in [4.69, 9.17) is 4.74 Å². The maximum Gasteiger partial charge on any atom is 0.314 e. The molecule has 0 radical (unpaired) electrons. The van der Waals surface area contributed by atoms with Crippen LogP contribution in [-0.2, 0) is 23.9 Å². The van der Waals surface area contributed by atoms with Gasteiger partial charge in [0.2, 0.25) is 11.8 Å². The van der Waals surface area contributed by atoms with Crippen molar-refractivity contribution in [1.29, 1.82) is 0 Å². The molecule has 2 saturated heterocycles. The van der Waals surface area contributed by atoms with Gasteiger partial charge in [-0.25, -0.2) is 0 Å². The van der Waals surface area contributed by atoms with Gasteiger partial charge in [0.1, 0.15) is 0 Å². The number of methoxy groups -OCH3 is 1. The summed E-state index contributed by atoms with van der Waals surface area (Å²) >= 11 is 0. The zero-order chi connectivity index (χ0) is 30.5. The van der Waals surface area contributed by atoms with Crippen molar-refractivity contribution in [2.75, 3.05) is 20.2 Å². The van der Waals surface area contributed by atoms with Gasteiger partial charge in [-0.2, -0.15) is 0 Å². The number of nitrogens with zero attached hydrogens (tertiary/aromatic N) is 2. The number of aliphatic carboxylic acids is 1. The zero-order valence-corrected chi connectivity index (χ0v) is 25.3. The van der Waals surface area contributed by atoms with Crippen LogP contribution in [0.15, 0.2) is 60.7 Å². The number of amides is 2. The Morgan fingerprint density at radius 2 is 1.17 bits per heavy atom. The smallest absolute Gasteiger partial charge is 0.314 e. The molecule has 2 heterocycles. The van der Waals surface area contributed by atoms with Gasteiger partial charge >= 0.3 is 11.9 Å². The number of benzene rings is 2. The molecule has 0 bridgehead atoms. The molecule has 4 unspecified atom stereocenters. The lowest BCUT2D eigenvalue weighted by Gasteiger charge is -2.27. The van der Waals surface area contributed by atoms with Gasteiger partial charge in [-0.05, 0) is 51.7 Å². The van der Waals surface area contributed by atoms with Gasteiger partial charge in [0.15, 0.2) is 0 Å². The molecule has 2 aromatic rings. The average Bonchev–Trinajstić information content (AvgIpc) is 3.41. The van der Waals surface area contributed by atoms with Crippen molar-refractivity contribution in [2.45, 2.75) is 66.5 Å². The maximum absolute atomic E-state index is 12.7. The van der Waals surface area contributed by atoms with Crippen molar-refractivity contribution in [1.82, 2.24) is 9.80 Å². The first kappa shape index (κ1) is 31.8. The second kappa shape index (κ2) is 12.9. The van der Waals surface area contributed by atoms with Crippen molar-refractivity contribution < 1.29 is 29.0 Å². The van der Waals surface area contributed by atoms with Crippen molar-refractivity contribution >= 4 is 23.8 Å². The van der Waals surface area contributed by atoms with Crippen LogP contribution < -0.4 is 0 Å². The van der Waals surface area contributed by atoms with Crippen LogP contribution in [0.5, 0.6) is 0 Å². The van der Waals surface area contributed by atoms with Gasteiger partial charge in [-0.1, -0.05) is 74.5 Å². The molecule has 1 N–H and O–H groups in total. The first-order chi connectivity index (χ1) is 19.4. The van der Waals surface area contributed by atoms with Crippen LogP contribution in [0, 0.1) is 22.7 Å². The van der Waals surface area contributed by atoms with E-state index in [0.717, 1.165) is 11.1 Å². The fraction of sp³-hybridized carbons (Fsp3) is 0.515. The number of carbonyl (C=O) groups is 4. The Bertz CT molecular complexity index is 1230. The molecule has 8 heteroatoms. The van der Waals surface area contributed by atoms with Crippen molar-refractivity contribution in [3.63, 3.8) is 0 Å². The van der Waals surface area contributed by atoms with Crippen LogP contribution in [-0.4, -0.2) is 58.9 Å². The van der Waals surface area contributed by atoms with E-state index >= 15 is 0 Å². The first-order valence-corrected chi connectivity index (χ1v) is 14.4. The lowest BCUT2D eigenvalue weighted by atomic mass is 9.78. The lowest BCUT2D eigenvalue weighted by molar-refractivity contribution is -0.154. The van der Waals surface area contributed by atoms with Gasteiger partial charge in [0.25, 0.3) is 0 Å². The molecule has 0 saturated carbocycles. The average molecular weight is 565 g/mol. The monoisotopic (exact) mass is 564 g/mol. The van der Waals surface area contributed by atoms with E-state index in [1.54, 1.807) is 16.7 Å². The predicted molar refractivity (Wildman–Crippen MR) is 157 cm³/mol. The highest BCUT2D eigenvalue weighted by Crippen LogP contribution is 2.44. The van der Waals surface area contributed by atoms with E-state index in [1.165, 1.54) is 7.11 Å². The molecule has 8 nitrogen and oxygen atoms in total. The number of carbonyl (C=O) groups excluding carboxylic acids is 3. The van der Waals surface area contributed by atoms with E-state index in [9.17, 15) is 24.3 Å². The molecule has 41 heavy (non-hydrogen) atoms. The molecule has 2 aromatic carbocycles. The number of esters is 1. The van der Waals surface area contributed by atoms with Crippen LogP contribution in [0.1, 0.15) is 77.6 Å². The third-order valence-electron chi connectivity index (χ3n) is 9.15. The molecule has 0 spiro atoms. The Labute approximate surface area is 243 Å². The molecule has 2 aliphatic rings. The predicted octanol–water partition coefficient (Wildman–Crippen LogP) is 5.50. The quantitative estimate of drug-likeness (QED) is 0.425. The number of ether oxygens (including phenoxy) is 1. The molecule has 222 valence electrons. The fourth-order valence-corrected chi connectivity index (χ4v) is 6.41. The van der Waals surface area contributed by atoms with Crippen LogP contribution in [0.4, 0.5) is 0 Å². The Balaban J connectivity index is 0.000000226. The van der Waals surface area contributed by atoms with Gasteiger partial charge < -0.3 is 19.6 Å². The van der Waals surface area contributed by atoms with E-state index in [2.05, 4.69) is 0 Å². The van der Waals surface area contributed by atoms with Gasteiger partial charge in [-0.15, -0.1) is 0 Å². The van der Waals surface area contributed by atoms with Gasteiger partial charge in [-0.3, -0.25) is 19.2 Å². The van der Waals surface area contributed by atoms with E-state index < -0.39 is 22.7 Å². The molecular weight excluding hydrogens is 520 g/mol. The number of carboxylic acid groups (broad SMARTS) is 1. The molecule has 4 rings (SSSR count). The van der Waals surface area contributed by atoms with Crippen molar-refractivity contribution in [3.05, 3.63) is 71.8 Å². The molecule has 2 aliphatic heterocycles. The highest BCUT2D eigenvalue weighted by atomic mass is 16.5. The number of hydrogen-bond donors (Lipinski definition) is 1. The van der Waals surface area contributed by atoms with E-state index in [1.807, 2.05) is 95.3 Å². The normalized spacial score (nSPS) is 27.2. The topological polar surface area (TPSA) is 104 Å². The lowest BCUT2D eigenvalue weighted by Crippen LogP contribution is -2.37. The van der Waals surface area contributed by atoms with Gasteiger partial charge in [0, 0.05) is 13.1 Å². The second-order valence-electron chi connectivity index (χ2n) is 11.7. The summed E-state index contributed by atoms with van der Waals surface area (Å²) in [6.07, 6.45) is 1.20. The number of rotatable bonds is 8. The summed E-state index contributed by atoms with van der Waals surface area (Å²) in [5.74, 6) is -1.94. The SMILES string of the molecule is CCC1C(=O)N([C@@H](C)c2ccccc2)CC1(C)C(=O)O.CCC1C(=O)N([C@H](C)c2ccccc2)CC1(C)C(=O)OC. The number of carboxylic acids is 1. The zero-order valence-electron chi connectivity index (χ0n) is 25.3. The number of hydrogen-bond acceptors (Lipinski definition) is 5.